The van der Waals surface area contributed by atoms with Gasteiger partial charge in [0.05, 0.1) is 5.75 Å². The summed E-state index contributed by atoms with van der Waals surface area (Å²) in [6.45, 7) is 3.55. The molecule has 0 aliphatic rings. The number of rotatable bonds is 7. The number of hydrogen-bond acceptors (Lipinski definition) is 4. The lowest BCUT2D eigenvalue weighted by molar-refractivity contribution is -0.142. The highest BCUT2D eigenvalue weighted by molar-refractivity contribution is 7.99. The van der Waals surface area contributed by atoms with E-state index in [-0.39, 0.29) is 17.6 Å². The van der Waals surface area contributed by atoms with Crippen LogP contribution in [0.5, 0.6) is 0 Å². The van der Waals surface area contributed by atoms with Crippen LogP contribution >= 0.6 is 23.1 Å². The normalized spacial score (nSPS) is 12.4. The van der Waals surface area contributed by atoms with Crippen molar-refractivity contribution in [3.63, 3.8) is 0 Å². The predicted octanol–water partition coefficient (Wildman–Crippen LogP) is 2.21. The number of thioether (sulfide) groups is 1. The average Bonchev–Trinajstić information content (AvgIpc) is 2.78. The second-order valence-electron chi connectivity index (χ2n) is 4.20. The number of carbonyl (C=O) groups is 2. The molecule has 0 saturated carbocycles. The predicted molar refractivity (Wildman–Crippen MR) is 74.9 cm³/mol. The smallest absolute Gasteiger partial charge is 0.326 e. The molecular formula is C12H17NO3S2. The molecule has 18 heavy (non-hydrogen) atoms. The summed E-state index contributed by atoms with van der Waals surface area (Å²) in [5.74, 6) is -0.258. The van der Waals surface area contributed by atoms with Gasteiger partial charge in [-0.3, -0.25) is 4.79 Å². The highest BCUT2D eigenvalue weighted by Gasteiger charge is 2.22. The van der Waals surface area contributed by atoms with Crippen LogP contribution in [0.4, 0.5) is 0 Å². The molecule has 6 heteroatoms. The molecule has 0 aliphatic carbocycles. The Balaban J connectivity index is 2.30. The van der Waals surface area contributed by atoms with Gasteiger partial charge in [0.2, 0.25) is 5.91 Å². The molecule has 0 aromatic carbocycles. The summed E-state index contributed by atoms with van der Waals surface area (Å²) in [6.07, 6.45) is 0. The topological polar surface area (TPSA) is 66.4 Å². The van der Waals surface area contributed by atoms with Crippen molar-refractivity contribution in [2.24, 2.45) is 5.92 Å². The van der Waals surface area contributed by atoms with E-state index in [4.69, 9.17) is 5.11 Å². The Kier molecular flexibility index (Phi) is 6.21. The Morgan fingerprint density at radius 1 is 1.50 bits per heavy atom. The number of aliphatic carboxylic acids is 1. The van der Waals surface area contributed by atoms with Crippen LogP contribution in [0.15, 0.2) is 17.5 Å². The van der Waals surface area contributed by atoms with Gasteiger partial charge >= 0.3 is 5.97 Å². The van der Waals surface area contributed by atoms with Gasteiger partial charge < -0.3 is 10.4 Å². The van der Waals surface area contributed by atoms with Gasteiger partial charge in [0, 0.05) is 10.6 Å². The molecular weight excluding hydrogens is 270 g/mol. The molecule has 4 nitrogen and oxygen atoms in total. The molecule has 1 aromatic heterocycles. The molecule has 100 valence electrons. The fourth-order valence-corrected chi connectivity index (χ4v) is 3.05. The Morgan fingerprint density at radius 2 is 2.22 bits per heavy atom. The number of thiophene rings is 1. The summed E-state index contributed by atoms with van der Waals surface area (Å²) >= 11 is 3.14. The Labute approximate surface area is 115 Å². The zero-order valence-electron chi connectivity index (χ0n) is 10.4. The molecule has 0 fully saturated rings. The van der Waals surface area contributed by atoms with Crippen molar-refractivity contribution in [3.05, 3.63) is 22.4 Å². The molecule has 0 radical (unpaired) electrons. The molecule has 1 amide bonds. The Morgan fingerprint density at radius 3 is 2.72 bits per heavy atom. The monoisotopic (exact) mass is 287 g/mol. The molecule has 1 rings (SSSR count). The molecule has 0 spiro atoms. The summed E-state index contributed by atoms with van der Waals surface area (Å²) < 4.78 is 0. The van der Waals surface area contributed by atoms with Gasteiger partial charge in [-0.1, -0.05) is 19.9 Å². The lowest BCUT2D eigenvalue weighted by Crippen LogP contribution is -2.45. The van der Waals surface area contributed by atoms with E-state index in [2.05, 4.69) is 5.32 Å². The minimum Gasteiger partial charge on any atom is -0.480 e. The van der Waals surface area contributed by atoms with Crippen molar-refractivity contribution in [3.8, 4) is 0 Å². The maximum Gasteiger partial charge on any atom is 0.326 e. The standard InChI is InChI=1S/C12H17NO3S2/c1-8(2)11(12(15)16)13-10(14)7-17-6-9-4-3-5-18-9/h3-5,8,11H,6-7H2,1-2H3,(H,13,14)(H,15,16)/t11-/m1/s1. The number of carboxylic acid groups (broad SMARTS) is 1. The average molecular weight is 287 g/mol. The van der Waals surface area contributed by atoms with Crippen molar-refractivity contribution in [2.45, 2.75) is 25.6 Å². The molecule has 2 N–H and O–H groups in total. The van der Waals surface area contributed by atoms with Gasteiger partial charge in [0.25, 0.3) is 0 Å². The number of hydrogen-bond donors (Lipinski definition) is 2. The van der Waals surface area contributed by atoms with Crippen molar-refractivity contribution in [1.82, 2.24) is 5.32 Å². The van der Waals surface area contributed by atoms with Gasteiger partial charge in [0.1, 0.15) is 6.04 Å². The van der Waals surface area contributed by atoms with Gasteiger partial charge in [-0.05, 0) is 17.4 Å². The highest BCUT2D eigenvalue weighted by Crippen LogP contribution is 2.16. The van der Waals surface area contributed by atoms with Crippen molar-refractivity contribution >= 4 is 35.0 Å². The Bertz CT molecular complexity index is 390. The first kappa shape index (κ1) is 15.0. The maximum atomic E-state index is 11.6. The van der Waals surface area contributed by atoms with Crippen LogP contribution in [0.3, 0.4) is 0 Å². The van der Waals surface area contributed by atoms with Crippen molar-refractivity contribution < 1.29 is 14.7 Å². The van der Waals surface area contributed by atoms with Crippen LogP contribution in [0.1, 0.15) is 18.7 Å². The van der Waals surface area contributed by atoms with Crippen molar-refractivity contribution in [2.75, 3.05) is 5.75 Å². The van der Waals surface area contributed by atoms with Crippen molar-refractivity contribution in [1.29, 1.82) is 0 Å². The second-order valence-corrected chi connectivity index (χ2v) is 6.22. The molecule has 1 heterocycles. The summed E-state index contributed by atoms with van der Waals surface area (Å²) in [6, 6.07) is 3.18. The highest BCUT2D eigenvalue weighted by atomic mass is 32.2. The molecule has 1 aromatic rings. The van der Waals surface area contributed by atoms with Crippen LogP contribution in [-0.2, 0) is 15.3 Å². The third-order valence-corrected chi connectivity index (χ3v) is 4.35. The molecule has 0 bridgehead atoms. The van der Waals surface area contributed by atoms with E-state index in [1.54, 1.807) is 25.2 Å². The zero-order valence-corrected chi connectivity index (χ0v) is 12.0. The molecule has 0 aliphatic heterocycles. The number of amides is 1. The van der Waals surface area contributed by atoms with E-state index >= 15 is 0 Å². The van der Waals surface area contributed by atoms with Crippen LogP contribution in [0.25, 0.3) is 0 Å². The quantitative estimate of drug-likeness (QED) is 0.807. The zero-order chi connectivity index (χ0) is 13.5. The first-order valence-electron chi connectivity index (χ1n) is 5.63. The lowest BCUT2D eigenvalue weighted by Gasteiger charge is -2.17. The van der Waals surface area contributed by atoms with Crippen LogP contribution in [0.2, 0.25) is 0 Å². The summed E-state index contributed by atoms with van der Waals surface area (Å²) in [5.41, 5.74) is 0. The van der Waals surface area contributed by atoms with Gasteiger partial charge in [-0.25, -0.2) is 4.79 Å². The molecule has 0 saturated heterocycles. The fourth-order valence-electron chi connectivity index (χ4n) is 1.37. The number of carboxylic acids is 1. The van der Waals surface area contributed by atoms with E-state index in [9.17, 15) is 9.59 Å². The van der Waals surface area contributed by atoms with Gasteiger partial charge in [-0.15, -0.1) is 23.1 Å². The SMILES string of the molecule is CC(C)[C@@H](NC(=O)CSCc1cccs1)C(=O)O. The number of carbonyl (C=O) groups excluding carboxylic acids is 1. The van der Waals surface area contributed by atoms with E-state index in [0.29, 0.717) is 0 Å². The minimum absolute atomic E-state index is 0.117. The van der Waals surface area contributed by atoms with E-state index in [0.717, 1.165) is 5.75 Å². The van der Waals surface area contributed by atoms with Crippen LogP contribution < -0.4 is 5.32 Å². The largest absolute Gasteiger partial charge is 0.480 e. The lowest BCUT2D eigenvalue weighted by atomic mass is 10.1. The van der Waals surface area contributed by atoms with Gasteiger partial charge in [-0.2, -0.15) is 0 Å². The summed E-state index contributed by atoms with van der Waals surface area (Å²) in [7, 11) is 0. The third kappa shape index (κ3) is 5.10. The minimum atomic E-state index is -0.985. The van der Waals surface area contributed by atoms with Crippen LogP contribution in [-0.4, -0.2) is 28.8 Å². The second kappa shape index (κ2) is 7.43. The van der Waals surface area contributed by atoms with Crippen LogP contribution in [0, 0.1) is 5.92 Å². The fraction of sp³-hybridized carbons (Fsp3) is 0.500. The molecule has 0 unspecified atom stereocenters. The van der Waals surface area contributed by atoms with E-state index < -0.39 is 12.0 Å². The first-order valence-corrected chi connectivity index (χ1v) is 7.66. The van der Waals surface area contributed by atoms with Gasteiger partial charge in [0.15, 0.2) is 0 Å². The number of nitrogens with one attached hydrogen (secondary N) is 1. The van der Waals surface area contributed by atoms with E-state index in [1.165, 1.54) is 16.6 Å². The summed E-state index contributed by atoms with van der Waals surface area (Å²) in [4.78, 5) is 23.7. The molecule has 1 atom stereocenters. The third-order valence-electron chi connectivity index (χ3n) is 2.31. The Hall–Kier alpha value is -1.01. The maximum absolute atomic E-state index is 11.6. The van der Waals surface area contributed by atoms with E-state index in [1.807, 2.05) is 17.5 Å². The first-order chi connectivity index (χ1) is 8.50. The summed E-state index contributed by atoms with van der Waals surface area (Å²) in [5, 5.41) is 13.5.